The molecule has 0 aliphatic rings. The van der Waals surface area contributed by atoms with Gasteiger partial charge in [0.25, 0.3) is 0 Å². The molecule has 0 fully saturated rings. The summed E-state index contributed by atoms with van der Waals surface area (Å²) in [4.78, 5) is 0. The summed E-state index contributed by atoms with van der Waals surface area (Å²) in [6.07, 6.45) is 7.54. The molecule has 16 heavy (non-hydrogen) atoms. The lowest BCUT2D eigenvalue weighted by Gasteiger charge is -2.20. The van der Waals surface area contributed by atoms with Crippen LogP contribution in [0.4, 0.5) is 0 Å². The molecule has 93 valence electrons. The van der Waals surface area contributed by atoms with E-state index in [1.54, 1.807) is 10.7 Å². The first-order valence-electron chi connectivity index (χ1n) is 6.83. The van der Waals surface area contributed by atoms with Crippen molar-refractivity contribution < 1.29 is 0 Å². The first-order chi connectivity index (χ1) is 7.62. The number of halogens is 1. The van der Waals surface area contributed by atoms with Crippen molar-refractivity contribution in [2.75, 3.05) is 0 Å². The zero-order valence-corrected chi connectivity index (χ0v) is 13.5. The lowest BCUT2D eigenvalue weighted by atomic mass is 9.40. The third kappa shape index (κ3) is 5.09. The van der Waals surface area contributed by atoms with E-state index >= 15 is 0 Å². The Hall–Kier alpha value is 0.312. The fourth-order valence-corrected chi connectivity index (χ4v) is 4.43. The summed E-state index contributed by atoms with van der Waals surface area (Å²) in [6.45, 7) is 12.2. The maximum atomic E-state index is 6.46. The van der Waals surface area contributed by atoms with Crippen molar-refractivity contribution in [2.24, 2.45) is 0 Å². The van der Waals surface area contributed by atoms with Gasteiger partial charge in [-0.1, -0.05) is 64.9 Å². The van der Waals surface area contributed by atoms with Crippen LogP contribution in [-0.2, 0) is 0 Å². The van der Waals surface area contributed by atoms with Gasteiger partial charge in [-0.25, -0.2) is 0 Å². The lowest BCUT2D eigenvalue weighted by Crippen LogP contribution is -2.20. The van der Waals surface area contributed by atoms with E-state index in [0.717, 1.165) is 6.71 Å². The Morgan fingerprint density at radius 1 is 1.12 bits per heavy atom. The Kier molecular flexibility index (Phi) is 9.54. The van der Waals surface area contributed by atoms with E-state index in [9.17, 15) is 0 Å². The topological polar surface area (TPSA) is 0 Å². The molecule has 0 saturated carbocycles. The zero-order chi connectivity index (χ0) is 12.6. The van der Waals surface area contributed by atoms with Crippen LogP contribution in [0.25, 0.3) is 0 Å². The van der Waals surface area contributed by atoms with E-state index in [1.807, 2.05) is 0 Å². The largest absolute Gasteiger partial charge is 0.191 e. The summed E-state index contributed by atoms with van der Waals surface area (Å²) in [5.74, 6) is 0. The van der Waals surface area contributed by atoms with Crippen LogP contribution < -0.4 is 0 Å². The average molecular weight is 258 g/mol. The van der Waals surface area contributed by atoms with Crippen LogP contribution in [0.5, 0.6) is 0 Å². The van der Waals surface area contributed by atoms with Crippen LogP contribution in [0.3, 0.4) is 0 Å². The van der Waals surface area contributed by atoms with Gasteiger partial charge in [0.1, 0.15) is 0 Å². The van der Waals surface area contributed by atoms with Crippen molar-refractivity contribution in [2.45, 2.75) is 72.6 Å². The van der Waals surface area contributed by atoms with Crippen LogP contribution in [0.15, 0.2) is 10.7 Å². The molecule has 0 atom stereocenters. The maximum Gasteiger partial charge on any atom is 0.191 e. The van der Waals surface area contributed by atoms with Crippen LogP contribution in [-0.4, -0.2) is 14.8 Å². The summed E-state index contributed by atoms with van der Waals surface area (Å²) in [5, 5.41) is 1.63. The molecule has 0 nitrogen and oxygen atoms in total. The fourth-order valence-electron chi connectivity index (χ4n) is 2.44. The quantitative estimate of drug-likeness (QED) is 0.406. The molecular weight excluding hydrogens is 230 g/mol. The Morgan fingerprint density at radius 3 is 2.00 bits per heavy atom. The Balaban J connectivity index is 4.97. The fraction of sp³-hybridized carbons (Fsp3) is 0.846. The van der Waals surface area contributed by atoms with Crippen molar-refractivity contribution in [1.82, 2.24) is 0 Å². The molecule has 0 heterocycles. The second-order valence-electron chi connectivity index (χ2n) is 4.51. The lowest BCUT2D eigenvalue weighted by molar-refractivity contribution is 0.800. The summed E-state index contributed by atoms with van der Waals surface area (Å²) in [5.41, 5.74) is 1.69. The zero-order valence-electron chi connectivity index (χ0n) is 11.7. The summed E-state index contributed by atoms with van der Waals surface area (Å²) in [7, 11) is -0.769. The van der Waals surface area contributed by atoms with E-state index in [-0.39, 0.29) is 0 Å². The first-order valence-corrected chi connectivity index (χ1v) is 9.84. The Labute approximate surface area is 109 Å². The van der Waals surface area contributed by atoms with E-state index < -0.39 is 8.11 Å². The van der Waals surface area contributed by atoms with Gasteiger partial charge in [0, 0.05) is 0 Å². The normalized spacial score (nSPS) is 12.9. The predicted molar refractivity (Wildman–Crippen MR) is 81.0 cm³/mol. The molecule has 0 saturated heterocycles. The minimum atomic E-state index is -0.769. The van der Waals surface area contributed by atoms with Crippen molar-refractivity contribution >= 4 is 25.9 Å². The second-order valence-corrected chi connectivity index (χ2v) is 7.88. The minimum Gasteiger partial charge on any atom is -0.163 e. The van der Waals surface area contributed by atoms with Gasteiger partial charge in [-0.3, -0.25) is 0 Å². The van der Waals surface area contributed by atoms with Gasteiger partial charge in [-0.15, -0.1) is 5.47 Å². The van der Waals surface area contributed by atoms with Crippen molar-refractivity contribution in [1.29, 1.82) is 0 Å². The number of allylic oxidation sites excluding steroid dienone is 2. The standard InChI is InChI=1S/C13H27BClSi/c1-6-10-11-13(16(5)15)12(7-2)14(8-3)9-4/h6-11H2,1-5H3/b13-12-. The summed E-state index contributed by atoms with van der Waals surface area (Å²) < 4.78 is 0. The number of hydrogen-bond acceptors (Lipinski definition) is 0. The highest BCUT2D eigenvalue weighted by molar-refractivity contribution is 7.10. The van der Waals surface area contributed by atoms with Crippen LogP contribution in [0.2, 0.25) is 19.2 Å². The molecule has 0 aromatic heterocycles. The molecule has 0 rings (SSSR count). The van der Waals surface area contributed by atoms with Crippen LogP contribution in [0, 0.1) is 0 Å². The van der Waals surface area contributed by atoms with Gasteiger partial charge in [0.2, 0.25) is 0 Å². The van der Waals surface area contributed by atoms with Gasteiger partial charge in [0.15, 0.2) is 14.8 Å². The van der Waals surface area contributed by atoms with Gasteiger partial charge in [-0.2, -0.15) is 11.1 Å². The highest BCUT2D eigenvalue weighted by Gasteiger charge is 2.20. The van der Waals surface area contributed by atoms with E-state index in [4.69, 9.17) is 11.1 Å². The highest BCUT2D eigenvalue weighted by atomic mass is 35.6. The highest BCUT2D eigenvalue weighted by Crippen LogP contribution is 2.25. The molecule has 1 radical (unpaired) electrons. The molecule has 0 aliphatic carbocycles. The molecule has 0 spiro atoms. The molecule has 3 heteroatoms. The monoisotopic (exact) mass is 257 g/mol. The van der Waals surface area contributed by atoms with Crippen molar-refractivity contribution in [3.63, 3.8) is 0 Å². The molecule has 0 unspecified atom stereocenters. The minimum absolute atomic E-state index is 0.769. The van der Waals surface area contributed by atoms with Crippen LogP contribution >= 0.6 is 11.1 Å². The third-order valence-electron chi connectivity index (χ3n) is 3.44. The molecular formula is C13H27BClSi. The van der Waals surface area contributed by atoms with Gasteiger partial charge in [-0.05, 0) is 12.8 Å². The number of hydrogen-bond donors (Lipinski definition) is 0. The number of rotatable bonds is 8. The molecule has 0 aromatic carbocycles. The van der Waals surface area contributed by atoms with Gasteiger partial charge >= 0.3 is 0 Å². The Morgan fingerprint density at radius 2 is 1.69 bits per heavy atom. The predicted octanol–water partition coefficient (Wildman–Crippen LogP) is 5.36. The van der Waals surface area contributed by atoms with Gasteiger partial charge < -0.3 is 0 Å². The van der Waals surface area contributed by atoms with E-state index in [0.29, 0.717) is 0 Å². The molecule has 0 amide bonds. The van der Waals surface area contributed by atoms with Crippen molar-refractivity contribution in [3.05, 3.63) is 10.7 Å². The summed E-state index contributed by atoms with van der Waals surface area (Å²) >= 11 is 6.46. The Bertz CT molecular complexity index is 210. The summed E-state index contributed by atoms with van der Waals surface area (Å²) in [6, 6.07) is 0. The van der Waals surface area contributed by atoms with E-state index in [1.165, 1.54) is 38.3 Å². The first kappa shape index (κ1) is 16.3. The number of unbranched alkanes of at least 4 members (excludes halogenated alkanes) is 1. The van der Waals surface area contributed by atoms with Crippen molar-refractivity contribution in [3.8, 4) is 0 Å². The molecule has 0 aromatic rings. The SMILES string of the molecule is CCCC/C(=C(\CC)B(CC)CC)[Si](C)Cl. The molecule has 0 aliphatic heterocycles. The van der Waals surface area contributed by atoms with Crippen LogP contribution in [0.1, 0.15) is 53.4 Å². The molecule has 0 bridgehead atoms. The second kappa shape index (κ2) is 9.35. The smallest absolute Gasteiger partial charge is 0.163 e. The molecule has 0 N–H and O–H groups in total. The average Bonchev–Trinajstić information content (AvgIpc) is 2.28. The van der Waals surface area contributed by atoms with Gasteiger partial charge in [0.05, 0.1) is 0 Å². The van der Waals surface area contributed by atoms with E-state index in [2.05, 4.69) is 34.2 Å². The third-order valence-corrected chi connectivity index (χ3v) is 5.53. The maximum absolute atomic E-state index is 6.46.